The number of rotatable bonds is 7. The summed E-state index contributed by atoms with van der Waals surface area (Å²) in [6.07, 6.45) is 1.96. The van der Waals surface area contributed by atoms with Gasteiger partial charge in [-0.25, -0.2) is 0 Å². The molecule has 0 aliphatic heterocycles. The van der Waals surface area contributed by atoms with Gasteiger partial charge in [0.1, 0.15) is 0 Å². The highest BCUT2D eigenvalue weighted by molar-refractivity contribution is 4.44. The zero-order valence-electron chi connectivity index (χ0n) is 13.2. The van der Waals surface area contributed by atoms with Gasteiger partial charge in [-0.2, -0.15) is 0 Å². The molecular weight excluding hydrogens is 212 g/mol. The Morgan fingerprint density at radius 1 is 0.647 bits per heavy atom. The van der Waals surface area contributed by atoms with Gasteiger partial charge in [-0.3, -0.25) is 0 Å². The second-order valence-corrected chi connectivity index (χ2v) is 5.88. The average molecular weight is 246 g/mol. The maximum Gasteiger partial charge on any atom is 0.0518 e. The molecule has 0 aliphatic carbocycles. The molecule has 106 valence electrons. The molecule has 0 aromatic rings. The monoisotopic (exact) mass is 246 g/mol. The third-order valence-electron chi connectivity index (χ3n) is 1.91. The minimum absolute atomic E-state index is 0.386. The molecule has 0 amide bonds. The molecule has 0 radical (unpaired) electrons. The lowest BCUT2D eigenvalue weighted by Gasteiger charge is -2.08. The van der Waals surface area contributed by atoms with Gasteiger partial charge in [0, 0.05) is 13.2 Å². The summed E-state index contributed by atoms with van der Waals surface area (Å²) in [7, 11) is 0. The molecular formula is C15H34O2. The van der Waals surface area contributed by atoms with Gasteiger partial charge in [-0.05, 0) is 46.0 Å². The minimum atomic E-state index is 0.386. The standard InChI is InChI=1S/C8H18O.C7H16O/c1-7(2)5-6-9-8(3)4;1-6(2)5-8-7(3)4/h7-8H,5-6H2,1-4H3;6-7H,5H2,1-4H3. The Labute approximate surface area is 109 Å². The summed E-state index contributed by atoms with van der Waals surface area (Å²) >= 11 is 0. The van der Waals surface area contributed by atoms with Crippen molar-refractivity contribution in [3.8, 4) is 0 Å². The largest absolute Gasteiger partial charge is 0.379 e. The highest BCUT2D eigenvalue weighted by atomic mass is 16.5. The Bertz CT molecular complexity index is 124. The van der Waals surface area contributed by atoms with Crippen LogP contribution in [0.5, 0.6) is 0 Å². The fraction of sp³-hybridized carbons (Fsp3) is 1.00. The van der Waals surface area contributed by atoms with Crippen molar-refractivity contribution in [1.29, 1.82) is 0 Å². The third kappa shape index (κ3) is 25.9. The van der Waals surface area contributed by atoms with Crippen LogP contribution in [0.2, 0.25) is 0 Å². The summed E-state index contributed by atoms with van der Waals surface area (Å²) in [5.74, 6) is 1.43. The molecule has 0 unspecified atom stereocenters. The van der Waals surface area contributed by atoms with Crippen molar-refractivity contribution in [2.75, 3.05) is 13.2 Å². The molecule has 0 atom stereocenters. The first-order valence-corrected chi connectivity index (χ1v) is 6.98. The van der Waals surface area contributed by atoms with Crippen molar-refractivity contribution in [2.45, 2.75) is 74.0 Å². The lowest BCUT2D eigenvalue weighted by Crippen LogP contribution is -2.08. The average Bonchev–Trinajstić information content (AvgIpc) is 2.14. The van der Waals surface area contributed by atoms with Crippen LogP contribution >= 0.6 is 0 Å². The molecule has 0 spiro atoms. The van der Waals surface area contributed by atoms with E-state index in [0.29, 0.717) is 18.1 Å². The molecule has 0 bridgehead atoms. The van der Waals surface area contributed by atoms with Crippen molar-refractivity contribution in [3.63, 3.8) is 0 Å². The second kappa shape index (κ2) is 12.4. The summed E-state index contributed by atoms with van der Waals surface area (Å²) in [4.78, 5) is 0. The summed E-state index contributed by atoms with van der Waals surface area (Å²) in [5, 5.41) is 0. The molecule has 0 saturated heterocycles. The van der Waals surface area contributed by atoms with Gasteiger partial charge in [0.2, 0.25) is 0 Å². The molecule has 0 rings (SSSR count). The van der Waals surface area contributed by atoms with Crippen LogP contribution in [-0.2, 0) is 9.47 Å². The van der Waals surface area contributed by atoms with Crippen LogP contribution in [0.15, 0.2) is 0 Å². The maximum atomic E-state index is 5.35. The van der Waals surface area contributed by atoms with E-state index in [9.17, 15) is 0 Å². The van der Waals surface area contributed by atoms with Crippen molar-refractivity contribution in [1.82, 2.24) is 0 Å². The van der Waals surface area contributed by atoms with Gasteiger partial charge >= 0.3 is 0 Å². The smallest absolute Gasteiger partial charge is 0.0518 e. The molecule has 0 aromatic heterocycles. The second-order valence-electron chi connectivity index (χ2n) is 5.88. The molecule has 0 aliphatic rings. The number of ether oxygens (including phenoxy) is 2. The molecule has 0 fully saturated rings. The SMILES string of the molecule is CC(C)CCOC(C)C.CC(C)COC(C)C. The first-order chi connectivity index (χ1) is 7.75. The lowest BCUT2D eigenvalue weighted by atomic mass is 10.1. The quantitative estimate of drug-likeness (QED) is 0.657. The van der Waals surface area contributed by atoms with Crippen LogP contribution in [0, 0.1) is 11.8 Å². The Hall–Kier alpha value is -0.0800. The molecule has 0 saturated carbocycles. The van der Waals surface area contributed by atoms with E-state index in [4.69, 9.17) is 9.47 Å². The van der Waals surface area contributed by atoms with Gasteiger partial charge in [0.15, 0.2) is 0 Å². The molecule has 0 heterocycles. The van der Waals surface area contributed by atoms with Crippen LogP contribution in [0.3, 0.4) is 0 Å². The maximum absolute atomic E-state index is 5.35. The normalized spacial score (nSPS) is 11.3. The van der Waals surface area contributed by atoms with Crippen LogP contribution in [0.25, 0.3) is 0 Å². The predicted octanol–water partition coefficient (Wildman–Crippen LogP) is 4.52. The van der Waals surface area contributed by atoms with E-state index in [2.05, 4.69) is 55.4 Å². The van der Waals surface area contributed by atoms with Crippen molar-refractivity contribution in [2.24, 2.45) is 11.8 Å². The van der Waals surface area contributed by atoms with Crippen LogP contribution < -0.4 is 0 Å². The fourth-order valence-corrected chi connectivity index (χ4v) is 0.924. The van der Waals surface area contributed by atoms with E-state index in [-0.39, 0.29) is 0 Å². The Kier molecular flexibility index (Phi) is 14.0. The van der Waals surface area contributed by atoms with Gasteiger partial charge in [0.05, 0.1) is 12.2 Å². The molecule has 2 heteroatoms. The summed E-state index contributed by atoms with van der Waals surface area (Å²) in [6.45, 7) is 18.8. The van der Waals surface area contributed by atoms with Crippen molar-refractivity contribution >= 4 is 0 Å². The molecule has 0 aromatic carbocycles. The fourth-order valence-electron chi connectivity index (χ4n) is 0.924. The lowest BCUT2D eigenvalue weighted by molar-refractivity contribution is 0.0593. The first kappa shape index (κ1) is 19.3. The van der Waals surface area contributed by atoms with E-state index in [1.807, 2.05) is 0 Å². The van der Waals surface area contributed by atoms with E-state index < -0.39 is 0 Å². The Morgan fingerprint density at radius 2 is 1.12 bits per heavy atom. The van der Waals surface area contributed by atoms with E-state index in [1.165, 1.54) is 6.42 Å². The van der Waals surface area contributed by atoms with Crippen LogP contribution in [0.1, 0.15) is 61.8 Å². The van der Waals surface area contributed by atoms with E-state index >= 15 is 0 Å². The summed E-state index contributed by atoms with van der Waals surface area (Å²) < 4.78 is 10.7. The zero-order chi connectivity index (χ0) is 13.8. The number of hydrogen-bond donors (Lipinski definition) is 0. The summed E-state index contributed by atoms with van der Waals surface area (Å²) in [6, 6.07) is 0. The van der Waals surface area contributed by atoms with Gasteiger partial charge in [-0.1, -0.05) is 27.7 Å². The topological polar surface area (TPSA) is 18.5 Å². The predicted molar refractivity (Wildman–Crippen MR) is 76.5 cm³/mol. The van der Waals surface area contributed by atoms with E-state index in [1.54, 1.807) is 0 Å². The molecule has 2 nitrogen and oxygen atoms in total. The van der Waals surface area contributed by atoms with Crippen LogP contribution in [-0.4, -0.2) is 25.4 Å². The molecule has 17 heavy (non-hydrogen) atoms. The zero-order valence-corrected chi connectivity index (χ0v) is 13.2. The molecule has 0 N–H and O–H groups in total. The van der Waals surface area contributed by atoms with Crippen molar-refractivity contribution in [3.05, 3.63) is 0 Å². The van der Waals surface area contributed by atoms with Gasteiger partial charge < -0.3 is 9.47 Å². The number of hydrogen-bond acceptors (Lipinski definition) is 2. The van der Waals surface area contributed by atoms with Gasteiger partial charge in [-0.15, -0.1) is 0 Å². The summed E-state index contributed by atoms with van der Waals surface area (Å²) in [5.41, 5.74) is 0. The first-order valence-electron chi connectivity index (χ1n) is 6.98. The highest BCUT2D eigenvalue weighted by Gasteiger charge is 1.95. The van der Waals surface area contributed by atoms with Crippen molar-refractivity contribution < 1.29 is 9.47 Å². The Balaban J connectivity index is 0. The highest BCUT2D eigenvalue weighted by Crippen LogP contribution is 2.00. The minimum Gasteiger partial charge on any atom is -0.379 e. The van der Waals surface area contributed by atoms with Crippen LogP contribution in [0.4, 0.5) is 0 Å². The Morgan fingerprint density at radius 3 is 1.35 bits per heavy atom. The van der Waals surface area contributed by atoms with E-state index in [0.717, 1.165) is 19.1 Å². The van der Waals surface area contributed by atoms with Gasteiger partial charge in [0.25, 0.3) is 0 Å². The third-order valence-corrected chi connectivity index (χ3v) is 1.91.